The molecule has 0 bridgehead atoms. The van der Waals surface area contributed by atoms with E-state index in [2.05, 4.69) is 16.0 Å². The van der Waals surface area contributed by atoms with Crippen LogP contribution in [0, 0.1) is 13.8 Å². The minimum atomic E-state index is -4.37. The fourth-order valence-electron chi connectivity index (χ4n) is 7.10. The largest absolute Gasteiger partial charge is 0.484 e. The van der Waals surface area contributed by atoms with Crippen molar-refractivity contribution >= 4 is 38.3 Å². The molecule has 1 aliphatic rings. The predicted octanol–water partition coefficient (Wildman–Crippen LogP) is 9.50. The van der Waals surface area contributed by atoms with Crippen molar-refractivity contribution in [1.82, 2.24) is 19.4 Å². The SMILES string of the molecule is Cc1cc(S(=O)(=O)O)c(C)s1.Cn1c(C(=O)N2CCN(Cc3ccc(OCC(F)(F)F)cc3)CC2)cc2ccc(Oc3ccc(CCCCCCCCCCN)cn3)cc21. The van der Waals surface area contributed by atoms with Crippen LogP contribution < -0.4 is 15.2 Å². The van der Waals surface area contributed by atoms with E-state index in [-0.39, 0.29) is 16.6 Å². The molecule has 0 radical (unpaired) electrons. The van der Waals surface area contributed by atoms with Gasteiger partial charge >= 0.3 is 6.18 Å². The van der Waals surface area contributed by atoms with Crippen LogP contribution in [0.2, 0.25) is 0 Å². The third kappa shape index (κ3) is 14.3. The summed E-state index contributed by atoms with van der Waals surface area (Å²) in [5.74, 6) is 1.36. The van der Waals surface area contributed by atoms with Gasteiger partial charge in [0.1, 0.15) is 22.1 Å². The number of alkyl halides is 3. The van der Waals surface area contributed by atoms with Gasteiger partial charge in [0.05, 0.1) is 5.52 Å². The number of thiophene rings is 1. The van der Waals surface area contributed by atoms with E-state index in [0.717, 1.165) is 47.2 Å². The zero-order valence-electron chi connectivity index (χ0n) is 34.5. The van der Waals surface area contributed by atoms with Crippen LogP contribution in [0.5, 0.6) is 17.4 Å². The number of unbranched alkanes of at least 4 members (excludes halogenated alkanes) is 7. The number of fused-ring (bicyclic) bond motifs is 1. The third-order valence-electron chi connectivity index (χ3n) is 10.3. The van der Waals surface area contributed by atoms with Gasteiger partial charge in [0.2, 0.25) is 5.88 Å². The molecule has 3 aromatic heterocycles. The second kappa shape index (κ2) is 21.9. The number of carbonyl (C=O) groups excluding carboxylic acids is 1. The standard InChI is InChI=1S/C38H48F3N5O3.C6H8O3S2/c1-44-34-25-33(49-36-18-13-29(26-43-36)10-8-6-4-2-3-5-7-9-19-42)17-14-31(34)24-35(44)37(47)46-22-20-45(21-23-46)27-30-11-15-32(16-12-30)48-28-38(39,40)41;1-4-3-6(5(2)10-4)11(7,8)9/h11-18,24-26H,2-10,19-23,27-28,42H2,1H3;3H,1-2H3,(H,7,8,9). The Labute approximate surface area is 355 Å². The van der Waals surface area contributed by atoms with E-state index in [9.17, 15) is 26.4 Å². The molecule has 326 valence electrons. The smallest absolute Gasteiger partial charge is 0.422 e. The molecule has 11 nitrogen and oxygen atoms in total. The van der Waals surface area contributed by atoms with Gasteiger partial charge in [-0.05, 0) is 87.2 Å². The average molecular weight is 872 g/mol. The van der Waals surface area contributed by atoms with E-state index in [1.54, 1.807) is 38.1 Å². The van der Waals surface area contributed by atoms with Crippen molar-refractivity contribution in [2.45, 2.75) is 89.3 Å². The molecule has 60 heavy (non-hydrogen) atoms. The summed E-state index contributed by atoms with van der Waals surface area (Å²) in [6.07, 6.45) is 8.49. The fourth-order valence-corrected chi connectivity index (χ4v) is 9.13. The van der Waals surface area contributed by atoms with E-state index < -0.39 is 22.9 Å². The molecule has 0 saturated carbocycles. The van der Waals surface area contributed by atoms with Crippen LogP contribution in [0.3, 0.4) is 0 Å². The molecule has 3 N–H and O–H groups in total. The maximum Gasteiger partial charge on any atom is 0.422 e. The summed E-state index contributed by atoms with van der Waals surface area (Å²) in [6.45, 7) is 6.16. The maximum atomic E-state index is 13.6. The topological polar surface area (TPSA) is 140 Å². The number of pyridine rings is 1. The Kier molecular flexibility index (Phi) is 17.0. The lowest BCUT2D eigenvalue weighted by Crippen LogP contribution is -2.48. The summed E-state index contributed by atoms with van der Waals surface area (Å²) < 4.78 is 79.9. The summed E-state index contributed by atoms with van der Waals surface area (Å²) in [4.78, 5) is 23.7. The lowest BCUT2D eigenvalue weighted by molar-refractivity contribution is -0.153. The van der Waals surface area contributed by atoms with Gasteiger partial charge in [-0.25, -0.2) is 4.98 Å². The summed E-state index contributed by atoms with van der Waals surface area (Å²) in [5, 5.41) is 0.957. The number of rotatable bonds is 18. The minimum Gasteiger partial charge on any atom is -0.484 e. The maximum absolute atomic E-state index is 13.6. The molecule has 0 spiro atoms. The number of aromatic nitrogens is 2. The van der Waals surface area contributed by atoms with Crippen molar-refractivity contribution in [2.24, 2.45) is 12.8 Å². The molecule has 1 fully saturated rings. The first-order valence-electron chi connectivity index (χ1n) is 20.4. The number of carbonyl (C=O) groups is 1. The molecular weight excluding hydrogens is 816 g/mol. The molecule has 1 saturated heterocycles. The Balaban J connectivity index is 0.000000538. The van der Waals surface area contributed by atoms with Crippen LogP contribution in [0.15, 0.2) is 77.8 Å². The van der Waals surface area contributed by atoms with E-state index >= 15 is 0 Å². The van der Waals surface area contributed by atoms with Crippen molar-refractivity contribution in [2.75, 3.05) is 39.3 Å². The van der Waals surface area contributed by atoms with Crippen molar-refractivity contribution in [1.29, 1.82) is 0 Å². The van der Waals surface area contributed by atoms with Gasteiger partial charge in [-0.15, -0.1) is 11.3 Å². The highest BCUT2D eigenvalue weighted by molar-refractivity contribution is 7.86. The Hall–Kier alpha value is -4.48. The first kappa shape index (κ1) is 46.6. The second-order valence-corrected chi connectivity index (χ2v) is 18.0. The van der Waals surface area contributed by atoms with Gasteiger partial charge in [0.25, 0.3) is 16.0 Å². The molecule has 5 aromatic rings. The predicted molar refractivity (Wildman–Crippen MR) is 230 cm³/mol. The summed E-state index contributed by atoms with van der Waals surface area (Å²) >= 11 is 1.36. The molecule has 6 rings (SSSR count). The number of halogens is 3. The molecule has 0 atom stereocenters. The van der Waals surface area contributed by atoms with Gasteiger partial charge in [-0.1, -0.05) is 56.7 Å². The summed E-state index contributed by atoms with van der Waals surface area (Å²) in [7, 11) is -2.11. The number of ether oxygens (including phenoxy) is 2. The number of hydrogen-bond acceptors (Lipinski definition) is 9. The van der Waals surface area contributed by atoms with Gasteiger partial charge in [0, 0.05) is 73.2 Å². The molecule has 2 aromatic carbocycles. The van der Waals surface area contributed by atoms with Crippen LogP contribution in [0.4, 0.5) is 13.2 Å². The summed E-state index contributed by atoms with van der Waals surface area (Å²) in [6, 6.07) is 19.9. The highest BCUT2D eigenvalue weighted by atomic mass is 32.2. The van der Waals surface area contributed by atoms with Crippen molar-refractivity contribution in [3.8, 4) is 17.4 Å². The van der Waals surface area contributed by atoms with Gasteiger partial charge in [-0.3, -0.25) is 14.2 Å². The third-order valence-corrected chi connectivity index (χ3v) is 12.4. The monoisotopic (exact) mass is 871 g/mol. The normalized spacial score (nSPS) is 13.6. The van der Waals surface area contributed by atoms with Crippen molar-refractivity contribution < 1.29 is 40.4 Å². The fraction of sp³-hybridized carbons (Fsp3) is 0.455. The highest BCUT2D eigenvalue weighted by Crippen LogP contribution is 2.29. The van der Waals surface area contributed by atoms with Crippen LogP contribution >= 0.6 is 11.3 Å². The van der Waals surface area contributed by atoms with Gasteiger partial charge in [0.15, 0.2) is 6.61 Å². The molecular formula is C44H56F3N5O6S2. The molecule has 4 heterocycles. The number of benzene rings is 2. The zero-order valence-corrected chi connectivity index (χ0v) is 36.2. The van der Waals surface area contributed by atoms with Crippen molar-refractivity contribution in [3.63, 3.8) is 0 Å². The van der Waals surface area contributed by atoms with E-state index in [4.69, 9.17) is 19.8 Å². The quantitative estimate of drug-likeness (QED) is 0.0651. The Morgan fingerprint density at radius 2 is 1.48 bits per heavy atom. The lowest BCUT2D eigenvalue weighted by atomic mass is 10.1. The Morgan fingerprint density at radius 1 is 0.850 bits per heavy atom. The number of aryl methyl sites for hydroxylation is 4. The Bertz CT molecular complexity index is 2240. The molecule has 0 aliphatic carbocycles. The van der Waals surface area contributed by atoms with E-state index in [1.165, 1.54) is 61.5 Å². The van der Waals surface area contributed by atoms with Gasteiger partial charge < -0.3 is 24.7 Å². The highest BCUT2D eigenvalue weighted by Gasteiger charge is 2.28. The number of amides is 1. The van der Waals surface area contributed by atoms with E-state index in [1.807, 2.05) is 53.0 Å². The average Bonchev–Trinajstić information content (AvgIpc) is 3.74. The van der Waals surface area contributed by atoms with Crippen LogP contribution in [0.1, 0.15) is 82.7 Å². The zero-order chi connectivity index (χ0) is 43.3. The van der Waals surface area contributed by atoms with Crippen LogP contribution in [-0.2, 0) is 30.1 Å². The minimum absolute atomic E-state index is 0.0215. The van der Waals surface area contributed by atoms with Crippen LogP contribution in [0.25, 0.3) is 10.9 Å². The lowest BCUT2D eigenvalue weighted by Gasteiger charge is -2.34. The van der Waals surface area contributed by atoms with E-state index in [0.29, 0.717) is 54.9 Å². The first-order chi connectivity index (χ1) is 28.6. The van der Waals surface area contributed by atoms with Gasteiger partial charge in [-0.2, -0.15) is 21.6 Å². The summed E-state index contributed by atoms with van der Waals surface area (Å²) in [5.41, 5.74) is 9.26. The molecule has 1 amide bonds. The molecule has 0 unspecified atom stereocenters. The van der Waals surface area contributed by atoms with Crippen LogP contribution in [-0.4, -0.2) is 83.7 Å². The number of nitrogens with zero attached hydrogens (tertiary/aromatic N) is 4. The second-order valence-electron chi connectivity index (χ2n) is 15.2. The number of hydrogen-bond donors (Lipinski definition) is 2. The Morgan fingerprint density at radius 3 is 2.05 bits per heavy atom. The van der Waals surface area contributed by atoms with Crippen molar-refractivity contribution in [3.05, 3.63) is 99.5 Å². The molecule has 16 heteroatoms. The first-order valence-corrected chi connectivity index (χ1v) is 22.6. The number of piperazine rings is 1. The molecule has 1 aliphatic heterocycles. The number of nitrogens with two attached hydrogens (primary N) is 1.